The van der Waals surface area contributed by atoms with Crippen LogP contribution in [0.4, 0.5) is 24.8 Å². The molecule has 12 nitrogen and oxygen atoms in total. The minimum absolute atomic E-state index is 0. The minimum Gasteiger partial charge on any atom is -0.495 e. The number of sulfonamides is 1. The van der Waals surface area contributed by atoms with Gasteiger partial charge in [0.1, 0.15) is 17.4 Å². The summed E-state index contributed by atoms with van der Waals surface area (Å²) in [6, 6.07) is 10.7. The van der Waals surface area contributed by atoms with E-state index in [4.69, 9.17) is 9.47 Å². The summed E-state index contributed by atoms with van der Waals surface area (Å²) in [5.41, 5.74) is 3.53. The monoisotopic (exact) mass is 665 g/mol. The Bertz CT molecular complexity index is 1670. The van der Waals surface area contributed by atoms with E-state index in [0.29, 0.717) is 24.8 Å². The maximum atomic E-state index is 14.1. The number of ether oxygens (including phenoxy) is 2. The van der Waals surface area contributed by atoms with Gasteiger partial charge >= 0.3 is 6.18 Å². The number of methoxy groups -OCH3 is 1. The number of carbonyl (C=O) groups is 1. The first-order valence-electron chi connectivity index (χ1n) is 14.1. The lowest BCUT2D eigenvalue weighted by Crippen LogP contribution is -2.52. The molecule has 5 rings (SSSR count). The van der Waals surface area contributed by atoms with E-state index in [1.165, 1.54) is 20.2 Å². The molecule has 0 radical (unpaired) electrons. The molecule has 2 aromatic carbocycles. The first kappa shape index (κ1) is 34.9. The molecule has 1 fully saturated rings. The normalized spacial score (nSPS) is 18.9. The van der Waals surface area contributed by atoms with Crippen LogP contribution in [0.15, 0.2) is 48.7 Å². The fourth-order valence-corrected chi connectivity index (χ4v) is 5.99. The minimum atomic E-state index is -4.86. The van der Waals surface area contributed by atoms with Gasteiger partial charge in [0.25, 0.3) is 5.91 Å². The van der Waals surface area contributed by atoms with Gasteiger partial charge < -0.3 is 19.7 Å². The van der Waals surface area contributed by atoms with Crippen molar-refractivity contribution in [1.82, 2.24) is 29.6 Å². The number of hydrogen-bond donors (Lipinski definition) is 2. The van der Waals surface area contributed by atoms with Crippen molar-refractivity contribution >= 4 is 27.6 Å². The van der Waals surface area contributed by atoms with E-state index in [2.05, 4.69) is 25.6 Å². The molecule has 1 saturated heterocycles. The van der Waals surface area contributed by atoms with Crippen molar-refractivity contribution in [2.45, 2.75) is 32.2 Å². The van der Waals surface area contributed by atoms with Crippen LogP contribution in [0.5, 0.6) is 11.6 Å². The van der Waals surface area contributed by atoms with Gasteiger partial charge in [-0.1, -0.05) is 31.7 Å². The van der Waals surface area contributed by atoms with Crippen LogP contribution in [0, 0.1) is 0 Å². The van der Waals surface area contributed by atoms with Crippen molar-refractivity contribution in [3.63, 3.8) is 0 Å². The van der Waals surface area contributed by atoms with Crippen LogP contribution in [0.2, 0.25) is 0 Å². The fourth-order valence-electron chi connectivity index (χ4n) is 5.33. The highest BCUT2D eigenvalue weighted by Gasteiger charge is 2.43. The number of aromatic nitrogens is 2. The molecule has 2 N–H and O–H groups in total. The van der Waals surface area contributed by atoms with E-state index in [0.717, 1.165) is 29.2 Å². The van der Waals surface area contributed by atoms with Gasteiger partial charge in [-0.15, -0.1) is 0 Å². The van der Waals surface area contributed by atoms with Crippen LogP contribution in [0.3, 0.4) is 0 Å². The highest BCUT2D eigenvalue weighted by atomic mass is 32.2. The predicted octanol–water partition coefficient (Wildman–Crippen LogP) is 3.71. The summed E-state index contributed by atoms with van der Waals surface area (Å²) < 4.78 is 79.7. The molecule has 0 saturated carbocycles. The van der Waals surface area contributed by atoms with Gasteiger partial charge in [0.05, 0.1) is 25.1 Å². The maximum absolute atomic E-state index is 14.1. The Morgan fingerprint density at radius 1 is 1.11 bits per heavy atom. The van der Waals surface area contributed by atoms with Gasteiger partial charge in [0, 0.05) is 51.4 Å². The molecule has 46 heavy (non-hydrogen) atoms. The number of rotatable bonds is 9. The van der Waals surface area contributed by atoms with Crippen molar-refractivity contribution in [3.8, 4) is 11.6 Å². The lowest BCUT2D eigenvalue weighted by molar-refractivity contribution is -0.140. The van der Waals surface area contributed by atoms with Crippen LogP contribution in [0.25, 0.3) is 0 Å². The summed E-state index contributed by atoms with van der Waals surface area (Å²) in [4.78, 5) is 23.1. The number of benzene rings is 2. The van der Waals surface area contributed by atoms with Crippen LogP contribution in [-0.4, -0.2) is 98.3 Å². The number of anilines is 2. The number of piperazine rings is 1. The second kappa shape index (κ2) is 13.8. The number of halogens is 3. The molecule has 0 unspecified atom stereocenters. The van der Waals surface area contributed by atoms with E-state index in [1.54, 1.807) is 36.4 Å². The van der Waals surface area contributed by atoms with Crippen molar-refractivity contribution in [2.24, 2.45) is 0 Å². The molecular formula is C30H38F3N7O5S. The zero-order valence-electron chi connectivity index (χ0n) is 25.1. The molecule has 2 heterocycles. The molecule has 1 amide bonds. The molecule has 1 aliphatic heterocycles. The molecule has 2 atom stereocenters. The maximum Gasteiger partial charge on any atom is 0.423 e. The number of likely N-dealkylation sites (N-methyl/N-ethyl adjacent to an activating group) is 2. The topological polar surface area (TPSA) is 129 Å². The van der Waals surface area contributed by atoms with Gasteiger partial charge in [-0.2, -0.15) is 22.5 Å². The molecule has 16 heteroatoms. The quantitative estimate of drug-likeness (QED) is 0.349. The number of fused-ring (bicyclic) bond motifs is 1. The first-order valence-corrected chi connectivity index (χ1v) is 15.9. The Morgan fingerprint density at radius 2 is 1.80 bits per heavy atom. The summed E-state index contributed by atoms with van der Waals surface area (Å²) in [5, 5.41) is 4.66. The van der Waals surface area contributed by atoms with E-state index >= 15 is 0 Å². The number of hydrogen-bond acceptors (Lipinski definition) is 10. The largest absolute Gasteiger partial charge is 0.495 e. The molecule has 1 aromatic heterocycles. The molecule has 250 valence electrons. The van der Waals surface area contributed by atoms with E-state index in [1.807, 2.05) is 12.1 Å². The van der Waals surface area contributed by atoms with Crippen molar-refractivity contribution in [2.75, 3.05) is 59.0 Å². The number of carbonyl (C=O) groups excluding carboxylic acids is 1. The van der Waals surface area contributed by atoms with Crippen LogP contribution in [0.1, 0.15) is 40.5 Å². The number of alkyl halides is 3. The smallest absolute Gasteiger partial charge is 0.423 e. The number of nitrogens with one attached hydrogen (secondary N) is 2. The SMILES string of the molecule is C.COc1ccc(C(=O)NN2CCN(C)CC2)cc1Nc1ncc(C(F)(F)F)c(O[C@@H]2Cc3ccccc3[C@H]2N(C)S(C)(=O)=O)n1. The summed E-state index contributed by atoms with van der Waals surface area (Å²) >= 11 is 0. The van der Waals surface area contributed by atoms with Gasteiger partial charge in [-0.05, 0) is 36.4 Å². The third kappa shape index (κ3) is 7.68. The molecule has 0 bridgehead atoms. The third-order valence-electron chi connectivity index (χ3n) is 7.86. The van der Waals surface area contributed by atoms with Crippen molar-refractivity contribution < 1.29 is 35.9 Å². The first-order chi connectivity index (χ1) is 21.2. The Kier molecular flexibility index (Phi) is 10.5. The Hall–Kier alpha value is -3.99. The Balaban J connectivity index is 0.00000480. The standard InChI is InChI=1S/C29H34F3N7O5S.CH4/c1-37-11-13-39(14-12-37)36-26(40)19-9-10-23(43-3)22(15-19)34-28-33-17-21(29(30,31)32)27(35-28)44-24-16-18-7-5-6-8-20(18)25(24)38(2)45(4,41)42;/h5-10,15,17,24-25H,11-14,16H2,1-4H3,(H,36,40)(H,33,34,35);1H4/t24-,25-;/m1./s1. The van der Waals surface area contributed by atoms with E-state index in [9.17, 15) is 26.4 Å². The van der Waals surface area contributed by atoms with Crippen LogP contribution in [-0.2, 0) is 22.6 Å². The number of amides is 1. The Labute approximate surface area is 266 Å². The predicted molar refractivity (Wildman–Crippen MR) is 166 cm³/mol. The second-order valence-electron chi connectivity index (χ2n) is 11.0. The lowest BCUT2D eigenvalue weighted by Gasteiger charge is -2.32. The molecule has 3 aromatic rings. The average molecular weight is 666 g/mol. The highest BCUT2D eigenvalue weighted by Crippen LogP contribution is 2.42. The molecular weight excluding hydrogens is 627 g/mol. The Morgan fingerprint density at radius 3 is 2.46 bits per heavy atom. The molecule has 0 spiro atoms. The van der Waals surface area contributed by atoms with Gasteiger partial charge in [0.15, 0.2) is 0 Å². The summed E-state index contributed by atoms with van der Waals surface area (Å²) in [7, 11) is 1.02. The van der Waals surface area contributed by atoms with Crippen LogP contribution >= 0.6 is 0 Å². The third-order valence-corrected chi connectivity index (χ3v) is 9.13. The summed E-state index contributed by atoms with van der Waals surface area (Å²) in [5.74, 6) is -1.10. The van der Waals surface area contributed by atoms with Crippen molar-refractivity contribution in [1.29, 1.82) is 0 Å². The van der Waals surface area contributed by atoms with Crippen LogP contribution < -0.4 is 20.2 Å². The van der Waals surface area contributed by atoms with Gasteiger partial charge in [-0.3, -0.25) is 10.2 Å². The van der Waals surface area contributed by atoms with Gasteiger partial charge in [0.2, 0.25) is 21.9 Å². The van der Waals surface area contributed by atoms with E-state index < -0.39 is 39.8 Å². The average Bonchev–Trinajstić information content (AvgIpc) is 3.34. The summed E-state index contributed by atoms with van der Waals surface area (Å²) in [6.45, 7) is 2.89. The van der Waals surface area contributed by atoms with Crippen molar-refractivity contribution in [3.05, 3.63) is 70.9 Å². The van der Waals surface area contributed by atoms with Gasteiger partial charge in [-0.25, -0.2) is 18.4 Å². The molecule has 1 aliphatic carbocycles. The fraction of sp³-hybridized carbons (Fsp3) is 0.433. The number of hydrazine groups is 1. The van der Waals surface area contributed by atoms with E-state index in [-0.39, 0.29) is 42.7 Å². The summed E-state index contributed by atoms with van der Waals surface area (Å²) in [6.07, 6.45) is -4.11. The molecule has 2 aliphatic rings. The highest BCUT2D eigenvalue weighted by molar-refractivity contribution is 7.88. The lowest BCUT2D eigenvalue weighted by atomic mass is 10.1. The second-order valence-corrected chi connectivity index (χ2v) is 13.0. The zero-order valence-corrected chi connectivity index (χ0v) is 25.9. The number of nitrogens with zero attached hydrogens (tertiary/aromatic N) is 5. The zero-order chi connectivity index (χ0) is 32.5.